The maximum atomic E-state index is 12.0. The minimum absolute atomic E-state index is 0.293. The van der Waals surface area contributed by atoms with Crippen LogP contribution in [0.1, 0.15) is 26.7 Å². The molecule has 4 nitrogen and oxygen atoms in total. The van der Waals surface area contributed by atoms with Crippen LogP contribution in [0.2, 0.25) is 0 Å². The number of carbonyl (C=O) groups excluding carboxylic acids is 1. The van der Waals surface area contributed by atoms with Crippen LogP contribution < -0.4 is 5.73 Å². The van der Waals surface area contributed by atoms with Gasteiger partial charge < -0.3 is 15.5 Å². The van der Waals surface area contributed by atoms with Gasteiger partial charge in [0.1, 0.15) is 0 Å². The lowest BCUT2D eigenvalue weighted by atomic mass is 10.0. The van der Waals surface area contributed by atoms with Crippen molar-refractivity contribution in [3.63, 3.8) is 0 Å². The van der Waals surface area contributed by atoms with E-state index in [1.165, 1.54) is 0 Å². The average Bonchev–Trinajstić information content (AvgIpc) is 2.25. The molecule has 2 unspecified atom stereocenters. The van der Waals surface area contributed by atoms with Crippen LogP contribution >= 0.6 is 0 Å². The molecular formula is C12H25N3O. The summed E-state index contributed by atoms with van der Waals surface area (Å²) in [6.07, 6.45) is 1.56. The Hall–Kier alpha value is -0.610. The molecule has 2 atom stereocenters. The smallest absolute Gasteiger partial charge is 0.222 e. The van der Waals surface area contributed by atoms with E-state index in [-0.39, 0.29) is 0 Å². The molecule has 1 rings (SSSR count). The number of amides is 1. The quantitative estimate of drug-likeness (QED) is 0.762. The maximum absolute atomic E-state index is 12.0. The third-order valence-corrected chi connectivity index (χ3v) is 3.40. The maximum Gasteiger partial charge on any atom is 0.222 e. The van der Waals surface area contributed by atoms with Crippen molar-refractivity contribution in [2.75, 3.05) is 33.2 Å². The second kappa shape index (κ2) is 6.21. The normalized spacial score (nSPS) is 24.5. The fraction of sp³-hybridized carbons (Fsp3) is 0.917. The van der Waals surface area contributed by atoms with Crippen LogP contribution in [0, 0.1) is 5.92 Å². The van der Waals surface area contributed by atoms with E-state index in [0.717, 1.165) is 26.1 Å². The summed E-state index contributed by atoms with van der Waals surface area (Å²) in [4.78, 5) is 16.3. The highest BCUT2D eigenvalue weighted by molar-refractivity contribution is 5.76. The molecule has 1 fully saturated rings. The fourth-order valence-corrected chi connectivity index (χ4v) is 2.14. The molecule has 16 heavy (non-hydrogen) atoms. The summed E-state index contributed by atoms with van der Waals surface area (Å²) in [6, 6.07) is 0.347. The molecule has 0 aliphatic carbocycles. The zero-order valence-corrected chi connectivity index (χ0v) is 10.8. The van der Waals surface area contributed by atoms with Crippen LogP contribution in [0.25, 0.3) is 0 Å². The lowest BCUT2D eigenvalue weighted by Gasteiger charge is -2.38. The van der Waals surface area contributed by atoms with E-state index in [9.17, 15) is 4.79 Å². The van der Waals surface area contributed by atoms with E-state index in [0.29, 0.717) is 30.8 Å². The Morgan fingerprint density at radius 2 is 2.19 bits per heavy atom. The number of nitrogens with two attached hydrogens (primary N) is 1. The lowest BCUT2D eigenvalue weighted by Crippen LogP contribution is -2.52. The SMILES string of the molecule is CC(CN)CCC(=O)N1CCN(C)CC1C. The molecule has 1 amide bonds. The summed E-state index contributed by atoms with van der Waals surface area (Å²) >= 11 is 0. The number of rotatable bonds is 4. The van der Waals surface area contributed by atoms with Gasteiger partial charge in [0.15, 0.2) is 0 Å². The second-order valence-electron chi connectivity index (χ2n) is 5.08. The van der Waals surface area contributed by atoms with Crippen LogP contribution in [-0.2, 0) is 4.79 Å². The third-order valence-electron chi connectivity index (χ3n) is 3.40. The van der Waals surface area contributed by atoms with Crippen molar-refractivity contribution in [3.05, 3.63) is 0 Å². The summed E-state index contributed by atoms with van der Waals surface area (Å²) in [5.41, 5.74) is 5.55. The van der Waals surface area contributed by atoms with Crippen LogP contribution in [0.15, 0.2) is 0 Å². The molecule has 4 heteroatoms. The van der Waals surface area contributed by atoms with Gasteiger partial charge in [0.05, 0.1) is 0 Å². The van der Waals surface area contributed by atoms with Gasteiger partial charge in [0.2, 0.25) is 5.91 Å². The Bertz CT molecular complexity index is 232. The second-order valence-corrected chi connectivity index (χ2v) is 5.08. The summed E-state index contributed by atoms with van der Waals surface area (Å²) in [5.74, 6) is 0.743. The van der Waals surface area contributed by atoms with Crippen LogP contribution in [-0.4, -0.2) is 55.0 Å². The molecule has 1 aliphatic rings. The predicted molar refractivity (Wildman–Crippen MR) is 66.1 cm³/mol. The van der Waals surface area contributed by atoms with Gasteiger partial charge in [-0.15, -0.1) is 0 Å². The number of carbonyl (C=O) groups is 1. The van der Waals surface area contributed by atoms with E-state index in [1.54, 1.807) is 0 Å². The van der Waals surface area contributed by atoms with Gasteiger partial charge >= 0.3 is 0 Å². The minimum Gasteiger partial charge on any atom is -0.337 e. The summed E-state index contributed by atoms with van der Waals surface area (Å²) in [5, 5.41) is 0. The molecule has 1 aliphatic heterocycles. The summed E-state index contributed by atoms with van der Waals surface area (Å²) in [7, 11) is 2.11. The van der Waals surface area contributed by atoms with Crippen molar-refractivity contribution in [2.24, 2.45) is 11.7 Å². The largest absolute Gasteiger partial charge is 0.337 e. The molecule has 2 N–H and O–H groups in total. The Morgan fingerprint density at radius 1 is 1.50 bits per heavy atom. The van der Waals surface area contributed by atoms with Gasteiger partial charge in [-0.05, 0) is 32.9 Å². The average molecular weight is 227 g/mol. The highest BCUT2D eigenvalue weighted by Crippen LogP contribution is 2.12. The number of likely N-dealkylation sites (N-methyl/N-ethyl adjacent to an activating group) is 1. The van der Waals surface area contributed by atoms with Gasteiger partial charge in [-0.25, -0.2) is 0 Å². The Balaban J connectivity index is 2.36. The molecule has 0 radical (unpaired) electrons. The predicted octanol–water partition coefficient (Wildman–Crippen LogP) is 0.524. The first-order chi connectivity index (χ1) is 7.54. The number of hydrogen-bond donors (Lipinski definition) is 1. The van der Waals surface area contributed by atoms with Gasteiger partial charge in [-0.1, -0.05) is 6.92 Å². The Morgan fingerprint density at radius 3 is 2.75 bits per heavy atom. The van der Waals surface area contributed by atoms with Crippen molar-refractivity contribution < 1.29 is 4.79 Å². The first-order valence-corrected chi connectivity index (χ1v) is 6.22. The van der Waals surface area contributed by atoms with E-state index in [2.05, 4.69) is 25.8 Å². The van der Waals surface area contributed by atoms with Crippen LogP contribution in [0.3, 0.4) is 0 Å². The molecule has 0 aromatic rings. The van der Waals surface area contributed by atoms with Gasteiger partial charge in [-0.3, -0.25) is 4.79 Å². The van der Waals surface area contributed by atoms with Gasteiger partial charge in [0, 0.05) is 32.1 Å². The zero-order chi connectivity index (χ0) is 12.1. The first kappa shape index (κ1) is 13.5. The molecular weight excluding hydrogens is 202 g/mol. The highest BCUT2D eigenvalue weighted by atomic mass is 16.2. The number of hydrogen-bond acceptors (Lipinski definition) is 3. The van der Waals surface area contributed by atoms with Gasteiger partial charge in [0.25, 0.3) is 0 Å². The standard InChI is InChI=1S/C12H25N3O/c1-10(8-13)4-5-12(16)15-7-6-14(3)9-11(15)2/h10-11H,4-9,13H2,1-3H3. The molecule has 94 valence electrons. The molecule has 0 aromatic heterocycles. The fourth-order valence-electron chi connectivity index (χ4n) is 2.14. The van der Waals surface area contributed by atoms with Crippen LogP contribution in [0.5, 0.6) is 0 Å². The summed E-state index contributed by atoms with van der Waals surface area (Å²) < 4.78 is 0. The van der Waals surface area contributed by atoms with Gasteiger partial charge in [-0.2, -0.15) is 0 Å². The molecule has 1 saturated heterocycles. The van der Waals surface area contributed by atoms with Crippen molar-refractivity contribution >= 4 is 5.91 Å². The Labute approximate surface area is 98.8 Å². The molecule has 1 heterocycles. The topological polar surface area (TPSA) is 49.6 Å². The first-order valence-electron chi connectivity index (χ1n) is 6.22. The molecule has 0 saturated carbocycles. The zero-order valence-electron chi connectivity index (χ0n) is 10.8. The van der Waals surface area contributed by atoms with E-state index < -0.39 is 0 Å². The third kappa shape index (κ3) is 3.76. The van der Waals surface area contributed by atoms with Crippen LogP contribution in [0.4, 0.5) is 0 Å². The van der Waals surface area contributed by atoms with Crippen molar-refractivity contribution in [2.45, 2.75) is 32.7 Å². The Kier molecular flexibility index (Phi) is 5.22. The molecule has 0 bridgehead atoms. The number of nitrogens with zero attached hydrogens (tertiary/aromatic N) is 2. The number of piperazine rings is 1. The van der Waals surface area contributed by atoms with Crippen molar-refractivity contribution in [1.29, 1.82) is 0 Å². The summed E-state index contributed by atoms with van der Waals surface area (Å²) in [6.45, 7) is 7.74. The minimum atomic E-state index is 0.293. The lowest BCUT2D eigenvalue weighted by molar-refractivity contribution is -0.135. The van der Waals surface area contributed by atoms with Crippen molar-refractivity contribution in [3.8, 4) is 0 Å². The molecule has 0 spiro atoms. The highest BCUT2D eigenvalue weighted by Gasteiger charge is 2.25. The van der Waals surface area contributed by atoms with E-state index in [1.807, 2.05) is 4.90 Å². The van der Waals surface area contributed by atoms with E-state index >= 15 is 0 Å². The monoisotopic (exact) mass is 227 g/mol. The van der Waals surface area contributed by atoms with E-state index in [4.69, 9.17) is 5.73 Å². The van der Waals surface area contributed by atoms with Crippen molar-refractivity contribution in [1.82, 2.24) is 9.80 Å². The molecule has 0 aromatic carbocycles.